The summed E-state index contributed by atoms with van der Waals surface area (Å²) in [5, 5.41) is 4.06. The lowest BCUT2D eigenvalue weighted by atomic mass is 10.2. The maximum Gasteiger partial charge on any atom is 0.250 e. The molecule has 6 nitrogen and oxygen atoms in total. The van der Waals surface area contributed by atoms with Crippen molar-refractivity contribution in [1.82, 2.24) is 10.4 Å². The Morgan fingerprint density at radius 2 is 1.97 bits per heavy atom. The van der Waals surface area contributed by atoms with E-state index in [9.17, 15) is 9.18 Å². The van der Waals surface area contributed by atoms with Gasteiger partial charge in [0.2, 0.25) is 0 Å². The van der Waals surface area contributed by atoms with Crippen LogP contribution in [0.4, 0.5) is 4.39 Å². The summed E-state index contributed by atoms with van der Waals surface area (Å²) < 4.78 is 26.3. The maximum absolute atomic E-state index is 13.1. The molecule has 33 heavy (non-hydrogen) atoms. The van der Waals surface area contributed by atoms with Crippen LogP contribution in [0.15, 0.2) is 76.2 Å². The van der Waals surface area contributed by atoms with E-state index in [1.54, 1.807) is 48.8 Å². The number of ether oxygens (including phenoxy) is 2. The van der Waals surface area contributed by atoms with Gasteiger partial charge >= 0.3 is 0 Å². The fourth-order valence-corrected chi connectivity index (χ4v) is 4.79. The Bertz CT molecular complexity index is 1240. The molecule has 0 saturated carbocycles. The summed E-state index contributed by atoms with van der Waals surface area (Å²) >= 11 is 2.92. The number of aromatic nitrogens is 1. The van der Waals surface area contributed by atoms with Gasteiger partial charge in [-0.05, 0) is 42.0 Å². The van der Waals surface area contributed by atoms with E-state index in [1.807, 2.05) is 24.3 Å². The molecule has 9 heteroatoms. The topological polar surface area (TPSA) is 72.8 Å². The van der Waals surface area contributed by atoms with Gasteiger partial charge in [0.1, 0.15) is 12.4 Å². The first-order valence-corrected chi connectivity index (χ1v) is 11.8. The van der Waals surface area contributed by atoms with Crippen molar-refractivity contribution >= 4 is 45.4 Å². The van der Waals surface area contributed by atoms with Gasteiger partial charge in [-0.25, -0.2) is 14.8 Å². The molecule has 0 fully saturated rings. The van der Waals surface area contributed by atoms with Crippen LogP contribution >= 0.6 is 23.1 Å². The first-order valence-electron chi connectivity index (χ1n) is 9.97. The molecule has 4 aromatic rings. The number of nitrogens with zero attached hydrogens (tertiary/aromatic N) is 2. The Labute approximate surface area is 198 Å². The molecule has 0 aliphatic rings. The van der Waals surface area contributed by atoms with Crippen molar-refractivity contribution in [2.45, 2.75) is 10.9 Å². The second-order valence-corrected chi connectivity index (χ2v) is 9.08. The van der Waals surface area contributed by atoms with Crippen LogP contribution in [0.25, 0.3) is 10.2 Å². The number of hydrogen-bond donors (Lipinski definition) is 1. The number of methoxy groups -OCH3 is 1. The third-order valence-electron chi connectivity index (χ3n) is 4.52. The van der Waals surface area contributed by atoms with Gasteiger partial charge in [0.05, 0.1) is 29.3 Å². The highest BCUT2D eigenvalue weighted by molar-refractivity contribution is 8.01. The molecule has 0 saturated heterocycles. The Kier molecular flexibility index (Phi) is 7.54. The van der Waals surface area contributed by atoms with Crippen molar-refractivity contribution in [3.05, 3.63) is 83.7 Å². The molecule has 0 atom stereocenters. The zero-order valence-electron chi connectivity index (χ0n) is 17.7. The number of carbonyl (C=O) groups is 1. The van der Waals surface area contributed by atoms with Crippen molar-refractivity contribution in [2.24, 2.45) is 5.10 Å². The number of nitrogens with one attached hydrogen (secondary N) is 1. The van der Waals surface area contributed by atoms with Crippen LogP contribution < -0.4 is 14.9 Å². The highest BCUT2D eigenvalue weighted by atomic mass is 32.2. The summed E-state index contributed by atoms with van der Waals surface area (Å²) in [6.07, 6.45) is 1.50. The van der Waals surface area contributed by atoms with Gasteiger partial charge in [-0.15, -0.1) is 11.3 Å². The van der Waals surface area contributed by atoms with Gasteiger partial charge < -0.3 is 9.47 Å². The Hall–Kier alpha value is -3.43. The summed E-state index contributed by atoms with van der Waals surface area (Å²) in [4.78, 5) is 16.7. The fourth-order valence-electron chi connectivity index (χ4n) is 2.93. The summed E-state index contributed by atoms with van der Waals surface area (Å²) in [6.45, 7) is 0.229. The average Bonchev–Trinajstić information content (AvgIpc) is 3.26. The molecule has 1 aromatic heterocycles. The molecule has 4 rings (SSSR count). The molecular formula is C24H20FN3O3S2. The highest BCUT2D eigenvalue weighted by Crippen LogP contribution is 2.31. The molecule has 1 N–H and O–H groups in total. The standard InChI is InChI=1S/C24H20FN3O3S2/c1-30-20-7-4-5-17(23(20)31-14-16-9-11-18(25)12-10-16)13-26-28-22(29)15-32-24-27-19-6-2-3-8-21(19)33-24/h2-13H,14-15H2,1H3,(H,28,29)/b26-13+. The van der Waals surface area contributed by atoms with E-state index in [0.29, 0.717) is 17.1 Å². The minimum Gasteiger partial charge on any atom is -0.493 e. The molecule has 0 spiro atoms. The van der Waals surface area contributed by atoms with Crippen molar-refractivity contribution in [1.29, 1.82) is 0 Å². The molecular weight excluding hydrogens is 461 g/mol. The summed E-state index contributed by atoms with van der Waals surface area (Å²) in [7, 11) is 1.54. The normalized spacial score (nSPS) is 11.1. The molecule has 168 valence electrons. The highest BCUT2D eigenvalue weighted by Gasteiger charge is 2.11. The van der Waals surface area contributed by atoms with Crippen LogP contribution in [-0.4, -0.2) is 30.0 Å². The largest absolute Gasteiger partial charge is 0.493 e. The van der Waals surface area contributed by atoms with E-state index < -0.39 is 0 Å². The molecule has 1 amide bonds. The summed E-state index contributed by atoms with van der Waals surface area (Å²) in [5.41, 5.74) is 4.90. The number of amides is 1. The maximum atomic E-state index is 13.1. The monoisotopic (exact) mass is 481 g/mol. The number of rotatable bonds is 9. The Morgan fingerprint density at radius 1 is 1.15 bits per heavy atom. The van der Waals surface area contributed by atoms with Crippen LogP contribution in [0.5, 0.6) is 11.5 Å². The number of hydrazone groups is 1. The Balaban J connectivity index is 1.36. The number of para-hydroxylation sites is 2. The number of thioether (sulfide) groups is 1. The second-order valence-electron chi connectivity index (χ2n) is 6.82. The van der Waals surface area contributed by atoms with Crippen molar-refractivity contribution in [2.75, 3.05) is 12.9 Å². The van der Waals surface area contributed by atoms with Crippen LogP contribution in [0.3, 0.4) is 0 Å². The number of halogens is 1. The zero-order valence-corrected chi connectivity index (χ0v) is 19.3. The minimum absolute atomic E-state index is 0.198. The predicted octanol–water partition coefficient (Wildman–Crippen LogP) is 5.27. The smallest absolute Gasteiger partial charge is 0.250 e. The summed E-state index contributed by atoms with van der Waals surface area (Å²) in [5.74, 6) is 0.654. The lowest BCUT2D eigenvalue weighted by molar-refractivity contribution is -0.118. The molecule has 0 aliphatic carbocycles. The molecule has 0 bridgehead atoms. The molecule has 0 unspecified atom stereocenters. The van der Waals surface area contributed by atoms with Crippen molar-refractivity contribution in [3.8, 4) is 11.5 Å². The fraction of sp³-hybridized carbons (Fsp3) is 0.125. The van der Waals surface area contributed by atoms with Gasteiger partial charge in [0.25, 0.3) is 5.91 Å². The number of hydrogen-bond acceptors (Lipinski definition) is 7. The van der Waals surface area contributed by atoms with Gasteiger partial charge in [0.15, 0.2) is 15.8 Å². The number of fused-ring (bicyclic) bond motifs is 1. The molecule has 1 heterocycles. The van der Waals surface area contributed by atoms with Gasteiger partial charge in [-0.3, -0.25) is 4.79 Å². The SMILES string of the molecule is COc1cccc(/C=N/NC(=O)CSc2nc3ccccc3s2)c1OCc1ccc(F)cc1. The lowest BCUT2D eigenvalue weighted by Crippen LogP contribution is -2.19. The van der Waals surface area contributed by atoms with E-state index in [4.69, 9.17) is 9.47 Å². The van der Waals surface area contributed by atoms with Gasteiger partial charge in [-0.2, -0.15) is 5.10 Å². The van der Waals surface area contributed by atoms with E-state index in [0.717, 1.165) is 20.1 Å². The first kappa shape index (κ1) is 22.8. The van der Waals surface area contributed by atoms with Crippen molar-refractivity contribution < 1.29 is 18.7 Å². The van der Waals surface area contributed by atoms with E-state index in [-0.39, 0.29) is 24.1 Å². The van der Waals surface area contributed by atoms with E-state index >= 15 is 0 Å². The molecule has 3 aromatic carbocycles. The predicted molar refractivity (Wildman–Crippen MR) is 130 cm³/mol. The Morgan fingerprint density at radius 3 is 2.76 bits per heavy atom. The number of carbonyl (C=O) groups excluding carboxylic acids is 1. The lowest BCUT2D eigenvalue weighted by Gasteiger charge is -2.13. The zero-order chi connectivity index (χ0) is 23.0. The third kappa shape index (κ3) is 6.09. The van der Waals surface area contributed by atoms with Crippen LogP contribution in [0.1, 0.15) is 11.1 Å². The van der Waals surface area contributed by atoms with Gasteiger partial charge in [-0.1, -0.05) is 42.1 Å². The minimum atomic E-state index is -0.305. The molecule has 0 radical (unpaired) electrons. The van der Waals surface area contributed by atoms with Crippen LogP contribution in [0, 0.1) is 5.82 Å². The molecule has 0 aliphatic heterocycles. The van der Waals surface area contributed by atoms with E-state index in [1.165, 1.54) is 30.1 Å². The van der Waals surface area contributed by atoms with Crippen molar-refractivity contribution in [3.63, 3.8) is 0 Å². The third-order valence-corrected chi connectivity index (χ3v) is 6.70. The van der Waals surface area contributed by atoms with E-state index in [2.05, 4.69) is 15.5 Å². The average molecular weight is 482 g/mol. The van der Waals surface area contributed by atoms with Crippen LogP contribution in [-0.2, 0) is 11.4 Å². The van der Waals surface area contributed by atoms with Gasteiger partial charge in [0, 0.05) is 5.56 Å². The summed E-state index contributed by atoms with van der Waals surface area (Å²) in [6, 6.07) is 19.3. The quantitative estimate of drug-likeness (QED) is 0.200. The number of benzene rings is 3. The van der Waals surface area contributed by atoms with Crippen LogP contribution in [0.2, 0.25) is 0 Å². The first-order chi connectivity index (χ1) is 16.1. The number of thiazole rings is 1. The second kappa shape index (κ2) is 10.9.